The van der Waals surface area contributed by atoms with E-state index in [0.717, 1.165) is 5.56 Å². The Morgan fingerprint density at radius 3 is 2.29 bits per heavy atom. The molecule has 0 unspecified atom stereocenters. The Morgan fingerprint density at radius 2 is 1.71 bits per heavy atom. The highest BCUT2D eigenvalue weighted by atomic mass is 127. The second kappa shape index (κ2) is 10.2. The summed E-state index contributed by atoms with van der Waals surface area (Å²) in [6, 6.07) is 13.5. The molecule has 0 radical (unpaired) electrons. The molecule has 2 aromatic rings. The summed E-state index contributed by atoms with van der Waals surface area (Å²) in [6.07, 6.45) is -0.801. The van der Waals surface area contributed by atoms with Crippen molar-refractivity contribution in [3.8, 4) is 0 Å². The van der Waals surface area contributed by atoms with E-state index in [2.05, 4.69) is 6.58 Å². The van der Waals surface area contributed by atoms with Crippen LogP contribution < -0.4 is 0 Å². The van der Waals surface area contributed by atoms with E-state index in [-0.39, 0.29) is 10.6 Å². The second-order valence-corrected chi connectivity index (χ2v) is 7.24. The molecule has 0 amide bonds. The molecular formula is C22H20ClF3IN. The number of hydrogen-bond acceptors (Lipinski definition) is 1. The van der Waals surface area contributed by atoms with E-state index < -0.39 is 18.8 Å². The van der Waals surface area contributed by atoms with Crippen molar-refractivity contribution < 1.29 is 13.2 Å². The van der Waals surface area contributed by atoms with Crippen molar-refractivity contribution >= 4 is 45.5 Å². The zero-order valence-corrected chi connectivity index (χ0v) is 18.4. The van der Waals surface area contributed by atoms with Gasteiger partial charge in [0.1, 0.15) is 5.82 Å². The zero-order chi connectivity index (χ0) is 20.8. The number of allylic oxidation sites excluding steroid dienone is 3. The van der Waals surface area contributed by atoms with Crippen LogP contribution in [0.2, 0.25) is 5.02 Å². The number of rotatable bonds is 4. The van der Waals surface area contributed by atoms with Crippen molar-refractivity contribution in [2.75, 3.05) is 6.54 Å². The fourth-order valence-corrected chi connectivity index (χ4v) is 3.71. The van der Waals surface area contributed by atoms with E-state index in [4.69, 9.17) is 11.6 Å². The normalized spacial score (nSPS) is 14.1. The Bertz CT molecular complexity index is 887. The molecule has 2 aromatic carbocycles. The van der Waals surface area contributed by atoms with E-state index in [1.165, 1.54) is 17.0 Å². The lowest BCUT2D eigenvalue weighted by Crippen LogP contribution is -2.30. The summed E-state index contributed by atoms with van der Waals surface area (Å²) in [5, 5.41) is 0.158. The molecule has 0 N–H and O–H groups in total. The summed E-state index contributed by atoms with van der Waals surface area (Å²) in [4.78, 5) is 1.35. The average molecular weight is 518 g/mol. The number of alkyl halides is 2. The minimum Gasteiger partial charge on any atom is -0.334 e. The van der Waals surface area contributed by atoms with Gasteiger partial charge in [0.15, 0.2) is 0 Å². The molecule has 0 fully saturated rings. The third-order valence-corrected chi connectivity index (χ3v) is 5.25. The van der Waals surface area contributed by atoms with Crippen LogP contribution in [0.25, 0.3) is 11.3 Å². The molecule has 1 heterocycles. The lowest BCUT2D eigenvalue weighted by atomic mass is 9.94. The second-order valence-electron chi connectivity index (χ2n) is 5.67. The van der Waals surface area contributed by atoms with Gasteiger partial charge in [-0.3, -0.25) is 0 Å². The molecule has 1 nitrogen and oxygen atoms in total. The van der Waals surface area contributed by atoms with Gasteiger partial charge in [0, 0.05) is 14.8 Å². The van der Waals surface area contributed by atoms with Gasteiger partial charge < -0.3 is 4.90 Å². The van der Waals surface area contributed by atoms with Crippen molar-refractivity contribution in [1.29, 1.82) is 0 Å². The molecule has 6 heteroatoms. The Morgan fingerprint density at radius 1 is 1.07 bits per heavy atom. The van der Waals surface area contributed by atoms with Crippen LogP contribution in [-0.4, -0.2) is 17.9 Å². The molecule has 1 aliphatic rings. The van der Waals surface area contributed by atoms with Gasteiger partial charge in [0.05, 0.1) is 22.8 Å². The van der Waals surface area contributed by atoms with Gasteiger partial charge in [-0.1, -0.05) is 68.4 Å². The molecule has 148 valence electrons. The van der Waals surface area contributed by atoms with E-state index in [1.54, 1.807) is 6.07 Å². The average Bonchev–Trinajstić information content (AvgIpc) is 2.68. The lowest BCUT2D eigenvalue weighted by Gasteiger charge is -2.34. The molecule has 1 aliphatic heterocycles. The maximum Gasteiger partial charge on any atom is 0.256 e. The molecule has 0 saturated carbocycles. The highest BCUT2D eigenvalue weighted by Crippen LogP contribution is 2.43. The lowest BCUT2D eigenvalue weighted by molar-refractivity contribution is 0.123. The first-order chi connectivity index (χ1) is 13.4. The Labute approximate surface area is 182 Å². The van der Waals surface area contributed by atoms with Crippen LogP contribution in [0.1, 0.15) is 25.0 Å². The molecule has 0 spiro atoms. The summed E-state index contributed by atoms with van der Waals surface area (Å²) in [7, 11) is 0. The molecule has 0 saturated heterocycles. The quantitative estimate of drug-likeness (QED) is 0.374. The smallest absolute Gasteiger partial charge is 0.256 e. The predicted molar refractivity (Wildman–Crippen MR) is 120 cm³/mol. The first-order valence-electron chi connectivity index (χ1n) is 8.76. The third-order valence-electron chi connectivity index (χ3n) is 4.00. The van der Waals surface area contributed by atoms with Gasteiger partial charge in [0.2, 0.25) is 0 Å². The van der Waals surface area contributed by atoms with Crippen LogP contribution in [0.4, 0.5) is 13.2 Å². The number of nitrogens with zero attached hydrogens (tertiary/aromatic N) is 1. The van der Waals surface area contributed by atoms with Crippen molar-refractivity contribution in [3.63, 3.8) is 0 Å². The SMILES string of the molecule is C=C1C(I)=CC(c2ccccc2)=C(c2c(F)cccc2Cl)N1CC(F)F.CC. The van der Waals surface area contributed by atoms with E-state index >= 15 is 0 Å². The fraction of sp³-hybridized carbons (Fsp3) is 0.182. The van der Waals surface area contributed by atoms with Crippen LogP contribution in [0.3, 0.4) is 0 Å². The first kappa shape index (κ1) is 22.6. The van der Waals surface area contributed by atoms with Crippen molar-refractivity contribution in [2.45, 2.75) is 20.3 Å². The number of benzene rings is 2. The van der Waals surface area contributed by atoms with E-state index in [0.29, 0.717) is 20.5 Å². The maximum absolute atomic E-state index is 14.7. The summed E-state index contributed by atoms with van der Waals surface area (Å²) in [6.45, 7) is 7.31. The summed E-state index contributed by atoms with van der Waals surface area (Å²) >= 11 is 8.31. The van der Waals surface area contributed by atoms with Gasteiger partial charge in [-0.05, 0) is 46.4 Å². The Kier molecular flexibility index (Phi) is 8.19. The molecular weight excluding hydrogens is 498 g/mol. The molecule has 0 atom stereocenters. The van der Waals surface area contributed by atoms with Gasteiger partial charge in [-0.2, -0.15) is 0 Å². The predicted octanol–water partition coefficient (Wildman–Crippen LogP) is 7.79. The largest absolute Gasteiger partial charge is 0.334 e. The molecule has 0 aromatic heterocycles. The Balaban J connectivity index is 0.00000136. The van der Waals surface area contributed by atoms with Crippen molar-refractivity contribution in [3.05, 3.63) is 92.4 Å². The van der Waals surface area contributed by atoms with E-state index in [1.807, 2.05) is 72.8 Å². The fourth-order valence-electron chi connectivity index (χ4n) is 2.86. The topological polar surface area (TPSA) is 3.24 Å². The van der Waals surface area contributed by atoms with Crippen LogP contribution in [-0.2, 0) is 0 Å². The minimum atomic E-state index is -2.62. The number of hydrogen-bond donors (Lipinski definition) is 0. The third kappa shape index (κ3) is 4.81. The van der Waals surface area contributed by atoms with Gasteiger partial charge in [-0.15, -0.1) is 0 Å². The summed E-state index contributed by atoms with van der Waals surface area (Å²) in [5.41, 5.74) is 2.18. The highest BCUT2D eigenvalue weighted by molar-refractivity contribution is 14.1. The number of halogens is 5. The molecule has 0 bridgehead atoms. The summed E-state index contributed by atoms with van der Waals surface area (Å²) < 4.78 is 42.0. The monoisotopic (exact) mass is 517 g/mol. The summed E-state index contributed by atoms with van der Waals surface area (Å²) in [5.74, 6) is -0.571. The van der Waals surface area contributed by atoms with Gasteiger partial charge >= 0.3 is 0 Å². The van der Waals surface area contributed by atoms with Crippen LogP contribution in [0, 0.1) is 5.82 Å². The maximum atomic E-state index is 14.7. The van der Waals surface area contributed by atoms with Gasteiger partial charge in [-0.25, -0.2) is 13.2 Å². The Hall–Kier alpha value is -1.73. The standard InChI is InChI=1S/C20H14ClF3IN.C2H6/c1-12-17(25)10-14(13-6-3-2-4-7-13)20(26(12)11-18(23)24)19-15(21)8-5-9-16(19)22;1-2/h2-10,18H,1,11H2;1-2H3. The van der Waals surface area contributed by atoms with Crippen molar-refractivity contribution in [2.24, 2.45) is 0 Å². The zero-order valence-electron chi connectivity index (χ0n) is 15.5. The first-order valence-corrected chi connectivity index (χ1v) is 10.2. The highest BCUT2D eigenvalue weighted by Gasteiger charge is 2.30. The van der Waals surface area contributed by atoms with Crippen LogP contribution in [0.5, 0.6) is 0 Å². The van der Waals surface area contributed by atoms with Crippen LogP contribution >= 0.6 is 34.2 Å². The van der Waals surface area contributed by atoms with E-state index in [9.17, 15) is 13.2 Å². The minimum absolute atomic E-state index is 0.0926. The molecule has 0 aliphatic carbocycles. The van der Waals surface area contributed by atoms with Gasteiger partial charge in [0.25, 0.3) is 6.43 Å². The van der Waals surface area contributed by atoms with Crippen molar-refractivity contribution in [1.82, 2.24) is 4.90 Å². The molecule has 28 heavy (non-hydrogen) atoms. The van der Waals surface area contributed by atoms with Crippen LogP contribution in [0.15, 0.2) is 70.5 Å². The molecule has 3 rings (SSSR count).